The van der Waals surface area contributed by atoms with Crippen LogP contribution >= 0.6 is 0 Å². The Balaban J connectivity index is 1.32. The summed E-state index contributed by atoms with van der Waals surface area (Å²) in [6, 6.07) is -3.48. The van der Waals surface area contributed by atoms with Crippen molar-refractivity contribution in [2.75, 3.05) is 19.3 Å². The average molecular weight is 707 g/mol. The second-order valence-electron chi connectivity index (χ2n) is 17.1. The van der Waals surface area contributed by atoms with Crippen LogP contribution in [0.3, 0.4) is 0 Å². The standard InChI is InChI=1S/C35H58N6O7S/c1-8-12-24(27(42)30(44)36-21-13-14-21)37-29(43)26-25-23(34(25,5)6)19-41(26)31(45)28(33(2,3)4)38-32(46)39-35(17-10-9-11-18-35)20-49(47,48)40(7)22-15-16-22/h21-26,28H,8-20H2,1-7H3,(H,36,44)(H,37,43)(H2,38,39,46)/t23-,24-,25-,26?,28+/m0/s1. The summed E-state index contributed by atoms with van der Waals surface area (Å²) < 4.78 is 28.2. The van der Waals surface area contributed by atoms with Crippen molar-refractivity contribution in [1.29, 1.82) is 0 Å². The number of sulfonamides is 1. The van der Waals surface area contributed by atoms with Gasteiger partial charge in [0.25, 0.3) is 5.91 Å². The minimum atomic E-state index is -3.62. The molecule has 13 nitrogen and oxygen atoms in total. The molecule has 5 aliphatic rings. The minimum Gasteiger partial charge on any atom is -0.347 e. The third kappa shape index (κ3) is 8.26. The molecular weight excluding hydrogens is 648 g/mol. The van der Waals surface area contributed by atoms with Crippen LogP contribution in [-0.2, 0) is 29.2 Å². The van der Waals surface area contributed by atoms with E-state index in [-0.39, 0.29) is 35.1 Å². The molecule has 5 rings (SSSR count). The summed E-state index contributed by atoms with van der Waals surface area (Å²) in [5.41, 5.74) is -1.90. The summed E-state index contributed by atoms with van der Waals surface area (Å²) in [5.74, 6) is -2.52. The molecule has 5 fully saturated rings. The Labute approximate surface area is 291 Å². The molecule has 0 radical (unpaired) electrons. The number of hydrogen-bond acceptors (Lipinski definition) is 7. The quantitative estimate of drug-likeness (QED) is 0.201. The first-order valence-corrected chi connectivity index (χ1v) is 19.9. The molecular formula is C35H58N6O7S. The van der Waals surface area contributed by atoms with E-state index < -0.39 is 68.6 Å². The molecule has 276 valence electrons. The van der Waals surface area contributed by atoms with Crippen LogP contribution in [0, 0.1) is 22.7 Å². The molecule has 0 spiro atoms. The number of Topliss-reactive ketones (excluding diaryl/α,β-unsaturated/α-hetero) is 1. The third-order valence-electron chi connectivity index (χ3n) is 11.6. The number of ketones is 1. The van der Waals surface area contributed by atoms with Gasteiger partial charge in [-0.1, -0.05) is 67.2 Å². The van der Waals surface area contributed by atoms with Crippen molar-refractivity contribution >= 4 is 39.6 Å². The molecule has 0 aromatic carbocycles. The zero-order valence-corrected chi connectivity index (χ0v) is 31.2. The summed E-state index contributed by atoms with van der Waals surface area (Å²) in [7, 11) is -2.02. The van der Waals surface area contributed by atoms with Gasteiger partial charge in [0, 0.05) is 25.7 Å². The molecule has 1 unspecified atom stereocenters. The molecule has 0 aromatic rings. The number of rotatable bonds is 14. The second-order valence-corrected chi connectivity index (χ2v) is 19.1. The smallest absolute Gasteiger partial charge is 0.315 e. The maximum atomic E-state index is 14.4. The highest BCUT2D eigenvalue weighted by Gasteiger charge is 2.70. The number of nitrogens with one attached hydrogen (secondary N) is 4. The number of hydrogen-bond donors (Lipinski definition) is 4. The third-order valence-corrected chi connectivity index (χ3v) is 13.7. The van der Waals surface area contributed by atoms with Gasteiger partial charge < -0.3 is 26.2 Å². The topological polar surface area (TPSA) is 174 Å². The number of fused-ring (bicyclic) bond motifs is 1. The van der Waals surface area contributed by atoms with Gasteiger partial charge >= 0.3 is 6.03 Å². The Morgan fingerprint density at radius 1 is 0.959 bits per heavy atom. The highest BCUT2D eigenvalue weighted by molar-refractivity contribution is 7.89. The molecule has 5 atom stereocenters. The number of nitrogens with zero attached hydrogens (tertiary/aromatic N) is 2. The van der Waals surface area contributed by atoms with Gasteiger partial charge in [-0.3, -0.25) is 19.2 Å². The van der Waals surface area contributed by atoms with E-state index >= 15 is 0 Å². The molecule has 0 bridgehead atoms. The first-order valence-electron chi connectivity index (χ1n) is 18.3. The predicted molar refractivity (Wildman–Crippen MR) is 185 cm³/mol. The van der Waals surface area contributed by atoms with Gasteiger partial charge in [-0.2, -0.15) is 0 Å². The van der Waals surface area contributed by atoms with Gasteiger partial charge in [0.1, 0.15) is 12.1 Å². The van der Waals surface area contributed by atoms with E-state index in [9.17, 15) is 32.4 Å². The van der Waals surface area contributed by atoms with Gasteiger partial charge in [-0.25, -0.2) is 17.5 Å². The van der Waals surface area contributed by atoms with Crippen molar-refractivity contribution in [2.45, 2.75) is 148 Å². The van der Waals surface area contributed by atoms with Crippen molar-refractivity contribution in [2.24, 2.45) is 22.7 Å². The van der Waals surface area contributed by atoms with Crippen LogP contribution < -0.4 is 21.3 Å². The summed E-state index contributed by atoms with van der Waals surface area (Å²) in [6.07, 6.45) is 7.79. The van der Waals surface area contributed by atoms with E-state index in [0.717, 1.165) is 44.9 Å². The van der Waals surface area contributed by atoms with Crippen molar-refractivity contribution in [3.8, 4) is 0 Å². The van der Waals surface area contributed by atoms with E-state index in [0.29, 0.717) is 32.2 Å². The monoisotopic (exact) mass is 706 g/mol. The summed E-state index contributed by atoms with van der Waals surface area (Å²) in [5, 5.41) is 11.5. The van der Waals surface area contributed by atoms with Crippen LogP contribution in [0.5, 0.6) is 0 Å². The number of urea groups is 1. The van der Waals surface area contributed by atoms with Crippen molar-refractivity contribution in [3.63, 3.8) is 0 Å². The molecule has 4 aliphatic carbocycles. The lowest BCUT2D eigenvalue weighted by Gasteiger charge is -2.41. The fraction of sp³-hybridized carbons (Fsp3) is 0.857. The predicted octanol–water partition coefficient (Wildman–Crippen LogP) is 2.44. The lowest BCUT2D eigenvalue weighted by atomic mass is 9.83. The van der Waals surface area contributed by atoms with Gasteiger partial charge in [-0.05, 0) is 67.6 Å². The second kappa shape index (κ2) is 13.8. The normalized spacial score (nSPS) is 27.0. The summed E-state index contributed by atoms with van der Waals surface area (Å²) >= 11 is 0. The maximum absolute atomic E-state index is 14.4. The lowest BCUT2D eigenvalue weighted by Crippen LogP contribution is -2.64. The van der Waals surface area contributed by atoms with Crippen LogP contribution in [0.15, 0.2) is 0 Å². The number of piperidine rings is 1. The van der Waals surface area contributed by atoms with E-state index in [4.69, 9.17) is 0 Å². The fourth-order valence-corrected chi connectivity index (χ4v) is 10.1. The summed E-state index contributed by atoms with van der Waals surface area (Å²) in [6.45, 7) is 11.8. The first-order chi connectivity index (χ1) is 22.8. The first kappa shape index (κ1) is 37.5. The molecule has 5 amide bonds. The van der Waals surface area contributed by atoms with Crippen molar-refractivity contribution in [3.05, 3.63) is 0 Å². The van der Waals surface area contributed by atoms with E-state index in [2.05, 4.69) is 35.1 Å². The Morgan fingerprint density at radius 2 is 1.59 bits per heavy atom. The van der Waals surface area contributed by atoms with Crippen LogP contribution in [0.4, 0.5) is 4.79 Å². The Bertz CT molecular complexity index is 1430. The largest absolute Gasteiger partial charge is 0.347 e. The van der Waals surface area contributed by atoms with Crippen LogP contribution in [-0.4, -0.2) is 102 Å². The van der Waals surface area contributed by atoms with E-state index in [1.165, 1.54) is 9.21 Å². The van der Waals surface area contributed by atoms with Crippen molar-refractivity contribution < 1.29 is 32.4 Å². The SMILES string of the molecule is CCC[C@H](NC(=O)C1[C@@H]2[C@H](CN1C(=O)[C@@H](NC(=O)NC1(CS(=O)(=O)N(C)C3CC3)CCCCC1)C(C)(C)C)C2(C)C)C(=O)C(=O)NC1CC1. The van der Waals surface area contributed by atoms with E-state index in [1.807, 2.05) is 27.7 Å². The Hall–Kier alpha value is -2.74. The molecule has 4 saturated carbocycles. The van der Waals surface area contributed by atoms with Gasteiger partial charge in [0.15, 0.2) is 0 Å². The number of carbonyl (C=O) groups excluding carboxylic acids is 5. The molecule has 4 N–H and O–H groups in total. The van der Waals surface area contributed by atoms with Crippen molar-refractivity contribution in [1.82, 2.24) is 30.5 Å². The van der Waals surface area contributed by atoms with Gasteiger partial charge in [0.2, 0.25) is 27.6 Å². The van der Waals surface area contributed by atoms with Crippen LogP contribution in [0.1, 0.15) is 112 Å². The fourth-order valence-electron chi connectivity index (χ4n) is 8.14. The van der Waals surface area contributed by atoms with E-state index in [1.54, 1.807) is 7.05 Å². The Kier molecular flexibility index (Phi) is 10.5. The molecule has 49 heavy (non-hydrogen) atoms. The maximum Gasteiger partial charge on any atom is 0.315 e. The Morgan fingerprint density at radius 3 is 2.14 bits per heavy atom. The zero-order valence-electron chi connectivity index (χ0n) is 30.4. The molecule has 1 heterocycles. The number of likely N-dealkylation sites (tertiary alicyclic amines) is 1. The molecule has 1 aliphatic heterocycles. The highest BCUT2D eigenvalue weighted by Crippen LogP contribution is 2.65. The zero-order chi connectivity index (χ0) is 36.1. The van der Waals surface area contributed by atoms with Gasteiger partial charge in [-0.15, -0.1) is 0 Å². The molecule has 1 saturated heterocycles. The minimum absolute atomic E-state index is 0.00546. The highest BCUT2D eigenvalue weighted by atomic mass is 32.2. The molecule has 0 aromatic heterocycles. The number of carbonyl (C=O) groups is 5. The number of amides is 5. The van der Waals surface area contributed by atoms with Gasteiger partial charge in [0.05, 0.1) is 17.3 Å². The van der Waals surface area contributed by atoms with Crippen LogP contribution in [0.25, 0.3) is 0 Å². The van der Waals surface area contributed by atoms with Crippen LogP contribution in [0.2, 0.25) is 0 Å². The lowest BCUT2D eigenvalue weighted by molar-refractivity contribution is -0.145. The average Bonchev–Trinajstić information content (AvgIpc) is 3.96. The molecule has 14 heteroatoms. The summed E-state index contributed by atoms with van der Waals surface area (Å²) in [4.78, 5) is 69.5.